The van der Waals surface area contributed by atoms with Gasteiger partial charge in [0.1, 0.15) is 22.8 Å². The lowest BCUT2D eigenvalue weighted by atomic mass is 10.4. The SMILES string of the molecule is Cc1cc2c(SCc3ccco3)ncnc2[nH]1. The highest BCUT2D eigenvalue weighted by atomic mass is 32.2. The van der Waals surface area contributed by atoms with Crippen molar-refractivity contribution in [2.24, 2.45) is 0 Å². The number of aryl methyl sites for hydroxylation is 1. The highest BCUT2D eigenvalue weighted by Gasteiger charge is 2.07. The van der Waals surface area contributed by atoms with Crippen LogP contribution in [-0.4, -0.2) is 15.0 Å². The van der Waals surface area contributed by atoms with E-state index in [-0.39, 0.29) is 0 Å². The number of furan rings is 1. The van der Waals surface area contributed by atoms with Crippen LogP contribution >= 0.6 is 11.8 Å². The van der Waals surface area contributed by atoms with Gasteiger partial charge in [0.15, 0.2) is 0 Å². The van der Waals surface area contributed by atoms with Crippen molar-refractivity contribution >= 4 is 22.8 Å². The molecule has 4 nitrogen and oxygen atoms in total. The van der Waals surface area contributed by atoms with Crippen LogP contribution in [0.3, 0.4) is 0 Å². The first-order valence-electron chi connectivity index (χ1n) is 5.28. The minimum absolute atomic E-state index is 0.781. The predicted octanol–water partition coefficient (Wildman–Crippen LogP) is 3.15. The number of nitrogens with one attached hydrogen (secondary N) is 1. The van der Waals surface area contributed by atoms with Crippen molar-refractivity contribution in [1.82, 2.24) is 15.0 Å². The Kier molecular flexibility index (Phi) is 2.60. The van der Waals surface area contributed by atoms with Gasteiger partial charge in [-0.3, -0.25) is 0 Å². The minimum Gasteiger partial charge on any atom is -0.468 e. The Morgan fingerprint density at radius 1 is 1.41 bits per heavy atom. The molecule has 0 spiro atoms. The van der Waals surface area contributed by atoms with Crippen LogP contribution in [0.25, 0.3) is 11.0 Å². The van der Waals surface area contributed by atoms with E-state index in [1.54, 1.807) is 24.4 Å². The van der Waals surface area contributed by atoms with Crippen molar-refractivity contribution in [1.29, 1.82) is 0 Å². The molecule has 5 heteroatoms. The summed E-state index contributed by atoms with van der Waals surface area (Å²) in [6.45, 7) is 2.02. The number of nitrogens with zero attached hydrogens (tertiary/aromatic N) is 2. The minimum atomic E-state index is 0.781. The van der Waals surface area contributed by atoms with E-state index in [0.717, 1.165) is 33.3 Å². The van der Waals surface area contributed by atoms with E-state index < -0.39 is 0 Å². The van der Waals surface area contributed by atoms with Gasteiger partial charge in [-0.25, -0.2) is 9.97 Å². The molecule has 17 heavy (non-hydrogen) atoms. The Balaban J connectivity index is 1.89. The van der Waals surface area contributed by atoms with Crippen molar-refractivity contribution in [2.75, 3.05) is 0 Å². The summed E-state index contributed by atoms with van der Waals surface area (Å²) in [6.07, 6.45) is 3.27. The monoisotopic (exact) mass is 245 g/mol. The van der Waals surface area contributed by atoms with Crippen LogP contribution in [0.5, 0.6) is 0 Å². The van der Waals surface area contributed by atoms with Gasteiger partial charge in [-0.15, -0.1) is 0 Å². The van der Waals surface area contributed by atoms with Crippen molar-refractivity contribution in [3.63, 3.8) is 0 Å². The fourth-order valence-corrected chi connectivity index (χ4v) is 2.57. The molecule has 0 atom stereocenters. The van der Waals surface area contributed by atoms with Gasteiger partial charge in [0.05, 0.1) is 17.4 Å². The fourth-order valence-electron chi connectivity index (χ4n) is 1.70. The summed E-state index contributed by atoms with van der Waals surface area (Å²) in [5.74, 6) is 1.73. The Morgan fingerprint density at radius 2 is 2.35 bits per heavy atom. The smallest absolute Gasteiger partial charge is 0.142 e. The van der Waals surface area contributed by atoms with Crippen LogP contribution in [0, 0.1) is 6.92 Å². The lowest BCUT2D eigenvalue weighted by molar-refractivity contribution is 0.530. The molecule has 3 aromatic rings. The molecule has 0 aliphatic heterocycles. The average Bonchev–Trinajstić information content (AvgIpc) is 2.93. The lowest BCUT2D eigenvalue weighted by Crippen LogP contribution is -1.85. The quantitative estimate of drug-likeness (QED) is 0.569. The van der Waals surface area contributed by atoms with E-state index in [9.17, 15) is 0 Å². The summed E-state index contributed by atoms with van der Waals surface area (Å²) >= 11 is 1.66. The van der Waals surface area contributed by atoms with Crippen molar-refractivity contribution < 1.29 is 4.42 Å². The number of hydrogen-bond acceptors (Lipinski definition) is 4. The molecule has 0 radical (unpaired) electrons. The van der Waals surface area contributed by atoms with E-state index >= 15 is 0 Å². The van der Waals surface area contributed by atoms with Gasteiger partial charge in [0, 0.05) is 5.69 Å². The number of aromatic nitrogens is 3. The molecule has 3 rings (SSSR count). The van der Waals surface area contributed by atoms with E-state index in [1.807, 2.05) is 19.1 Å². The standard InChI is InChI=1S/C12H11N3OS/c1-8-5-10-11(15-8)13-7-14-12(10)17-6-9-3-2-4-16-9/h2-5,7H,6H2,1H3,(H,13,14,15). The summed E-state index contributed by atoms with van der Waals surface area (Å²) in [5.41, 5.74) is 1.99. The largest absolute Gasteiger partial charge is 0.468 e. The van der Waals surface area contributed by atoms with E-state index in [0.29, 0.717) is 0 Å². The van der Waals surface area contributed by atoms with Gasteiger partial charge >= 0.3 is 0 Å². The highest BCUT2D eigenvalue weighted by Crippen LogP contribution is 2.27. The van der Waals surface area contributed by atoms with Gasteiger partial charge in [-0.1, -0.05) is 11.8 Å². The molecule has 0 amide bonds. The molecule has 0 bridgehead atoms. The van der Waals surface area contributed by atoms with Crippen LogP contribution < -0.4 is 0 Å². The highest BCUT2D eigenvalue weighted by molar-refractivity contribution is 7.98. The Bertz CT molecular complexity index is 630. The molecule has 0 aromatic carbocycles. The van der Waals surface area contributed by atoms with Gasteiger partial charge in [0.2, 0.25) is 0 Å². The van der Waals surface area contributed by atoms with E-state index in [4.69, 9.17) is 4.42 Å². The zero-order valence-corrected chi connectivity index (χ0v) is 10.1. The van der Waals surface area contributed by atoms with Crippen LogP contribution in [0.2, 0.25) is 0 Å². The second-order valence-electron chi connectivity index (χ2n) is 3.76. The Labute approximate surface area is 102 Å². The molecule has 0 saturated carbocycles. The third kappa shape index (κ3) is 2.06. The number of thioether (sulfide) groups is 1. The summed E-state index contributed by atoms with van der Waals surface area (Å²) in [5, 5.41) is 2.05. The third-order valence-corrected chi connectivity index (χ3v) is 3.48. The van der Waals surface area contributed by atoms with Crippen LogP contribution in [0.1, 0.15) is 11.5 Å². The first-order valence-corrected chi connectivity index (χ1v) is 6.27. The maximum Gasteiger partial charge on any atom is 0.142 e. The number of aromatic amines is 1. The topological polar surface area (TPSA) is 54.7 Å². The number of H-pyrrole nitrogens is 1. The second-order valence-corrected chi connectivity index (χ2v) is 4.73. The van der Waals surface area contributed by atoms with Crippen molar-refractivity contribution in [3.05, 3.63) is 42.2 Å². The van der Waals surface area contributed by atoms with E-state index in [2.05, 4.69) is 21.0 Å². The van der Waals surface area contributed by atoms with Crippen molar-refractivity contribution in [2.45, 2.75) is 17.7 Å². The molecule has 0 unspecified atom stereocenters. The predicted molar refractivity (Wildman–Crippen MR) is 66.9 cm³/mol. The lowest BCUT2D eigenvalue weighted by Gasteiger charge is -1.99. The molecule has 3 heterocycles. The van der Waals surface area contributed by atoms with Crippen LogP contribution in [0.15, 0.2) is 40.2 Å². The maximum absolute atomic E-state index is 5.30. The van der Waals surface area contributed by atoms with Crippen molar-refractivity contribution in [3.8, 4) is 0 Å². The average molecular weight is 245 g/mol. The molecular formula is C12H11N3OS. The van der Waals surface area contributed by atoms with E-state index in [1.165, 1.54) is 0 Å². The molecule has 1 N–H and O–H groups in total. The second kappa shape index (κ2) is 4.25. The van der Waals surface area contributed by atoms with Crippen LogP contribution in [0.4, 0.5) is 0 Å². The summed E-state index contributed by atoms with van der Waals surface area (Å²) in [6, 6.07) is 5.93. The Morgan fingerprint density at radius 3 is 3.18 bits per heavy atom. The first kappa shape index (κ1) is 10.4. The molecular weight excluding hydrogens is 234 g/mol. The number of hydrogen-bond donors (Lipinski definition) is 1. The number of fused-ring (bicyclic) bond motifs is 1. The summed E-state index contributed by atoms with van der Waals surface area (Å²) in [7, 11) is 0. The maximum atomic E-state index is 5.30. The Hall–Kier alpha value is -1.75. The molecule has 3 aromatic heterocycles. The molecule has 86 valence electrons. The normalized spacial score (nSPS) is 11.1. The number of rotatable bonds is 3. The molecule has 0 saturated heterocycles. The van der Waals surface area contributed by atoms with Gasteiger partial charge in [-0.2, -0.15) is 0 Å². The van der Waals surface area contributed by atoms with Gasteiger partial charge < -0.3 is 9.40 Å². The fraction of sp³-hybridized carbons (Fsp3) is 0.167. The first-order chi connectivity index (χ1) is 8.33. The summed E-state index contributed by atoms with van der Waals surface area (Å²) in [4.78, 5) is 11.7. The molecule has 0 fully saturated rings. The third-order valence-electron chi connectivity index (χ3n) is 2.46. The molecule has 0 aliphatic rings. The zero-order chi connectivity index (χ0) is 11.7. The molecule has 0 aliphatic carbocycles. The zero-order valence-electron chi connectivity index (χ0n) is 9.30. The van der Waals surface area contributed by atoms with Gasteiger partial charge in [0.25, 0.3) is 0 Å². The summed E-state index contributed by atoms with van der Waals surface area (Å²) < 4.78 is 5.30. The van der Waals surface area contributed by atoms with Crippen LogP contribution in [-0.2, 0) is 5.75 Å². The van der Waals surface area contributed by atoms with Gasteiger partial charge in [-0.05, 0) is 25.1 Å².